The number of ether oxygens (including phenoxy) is 1. The molecule has 0 spiro atoms. The number of aliphatic hydroxyl groups is 1. The third-order valence-electron chi connectivity index (χ3n) is 2.05. The van der Waals surface area contributed by atoms with Crippen molar-refractivity contribution in [2.45, 2.75) is 12.5 Å². The molecule has 0 saturated carbocycles. The number of rotatable bonds is 4. The first-order valence-electron chi connectivity index (χ1n) is 4.45. The number of carbonyl (C=O) groups is 1. The van der Waals surface area contributed by atoms with Crippen LogP contribution in [0.4, 0.5) is 0 Å². The van der Waals surface area contributed by atoms with Gasteiger partial charge in [0.05, 0.1) is 19.6 Å². The topological polar surface area (TPSA) is 107 Å². The lowest BCUT2D eigenvalue weighted by Gasteiger charge is -2.12. The van der Waals surface area contributed by atoms with Gasteiger partial charge in [0.25, 0.3) is 0 Å². The highest BCUT2D eigenvalue weighted by molar-refractivity contribution is 5.68. The number of carboxylic acids is 1. The second kappa shape index (κ2) is 4.71. The fraction of sp³-hybridized carbons (Fsp3) is 0.300. The van der Waals surface area contributed by atoms with Crippen molar-refractivity contribution in [1.29, 1.82) is 0 Å². The second-order valence-electron chi connectivity index (χ2n) is 3.20. The Balaban J connectivity index is 3.05. The van der Waals surface area contributed by atoms with Crippen LogP contribution < -0.4 is 4.74 Å². The highest BCUT2D eigenvalue weighted by Crippen LogP contribution is 2.38. The van der Waals surface area contributed by atoms with Gasteiger partial charge in [-0.25, -0.2) is 0 Å². The normalized spacial score (nSPS) is 12.1. The van der Waals surface area contributed by atoms with Crippen molar-refractivity contribution in [3.8, 4) is 17.2 Å². The molecular weight excluding hydrogens is 216 g/mol. The maximum atomic E-state index is 10.4. The summed E-state index contributed by atoms with van der Waals surface area (Å²) in [5.41, 5.74) is 0.162. The smallest absolute Gasteiger partial charge is 0.306 e. The van der Waals surface area contributed by atoms with Gasteiger partial charge in [0.1, 0.15) is 0 Å². The number of aromatic hydroxyl groups is 2. The van der Waals surface area contributed by atoms with Crippen LogP contribution in [-0.2, 0) is 4.79 Å². The molecule has 16 heavy (non-hydrogen) atoms. The Morgan fingerprint density at radius 2 is 2.06 bits per heavy atom. The standard InChI is InChI=1S/C10H12O6/c1-16-8-3-5(2-7(12)10(8)15)6(11)4-9(13)14/h2-3,6,11-12,15H,4H2,1H3,(H,13,14)/t6-/m0/s1. The van der Waals surface area contributed by atoms with Gasteiger partial charge >= 0.3 is 5.97 Å². The molecule has 1 aromatic rings. The Labute approximate surface area is 91.3 Å². The largest absolute Gasteiger partial charge is 0.504 e. The molecule has 0 bridgehead atoms. The Bertz CT molecular complexity index is 401. The van der Waals surface area contributed by atoms with Crippen LogP contribution in [0.1, 0.15) is 18.1 Å². The van der Waals surface area contributed by atoms with Gasteiger partial charge in [-0.2, -0.15) is 0 Å². The monoisotopic (exact) mass is 228 g/mol. The number of aliphatic carboxylic acids is 1. The van der Waals surface area contributed by atoms with Crippen LogP contribution in [0.5, 0.6) is 17.2 Å². The summed E-state index contributed by atoms with van der Waals surface area (Å²) in [7, 11) is 1.28. The van der Waals surface area contributed by atoms with Crippen LogP contribution in [0.2, 0.25) is 0 Å². The van der Waals surface area contributed by atoms with Crippen LogP contribution in [-0.4, -0.2) is 33.5 Å². The summed E-state index contributed by atoms with van der Waals surface area (Å²) < 4.78 is 4.75. The molecule has 0 fully saturated rings. The number of hydrogen-bond acceptors (Lipinski definition) is 5. The Morgan fingerprint density at radius 1 is 1.44 bits per heavy atom. The van der Waals surface area contributed by atoms with Crippen LogP contribution in [0.15, 0.2) is 12.1 Å². The van der Waals surface area contributed by atoms with E-state index in [1.165, 1.54) is 13.2 Å². The number of hydrogen-bond donors (Lipinski definition) is 4. The van der Waals surface area contributed by atoms with Crippen LogP contribution in [0.3, 0.4) is 0 Å². The van der Waals surface area contributed by atoms with E-state index in [0.717, 1.165) is 6.07 Å². The summed E-state index contributed by atoms with van der Waals surface area (Å²) in [6.07, 6.45) is -1.76. The third-order valence-corrected chi connectivity index (χ3v) is 2.05. The summed E-state index contributed by atoms with van der Waals surface area (Å²) in [6, 6.07) is 2.36. The summed E-state index contributed by atoms with van der Waals surface area (Å²) in [4.78, 5) is 10.4. The van der Waals surface area contributed by atoms with Crippen LogP contribution in [0, 0.1) is 0 Å². The van der Waals surface area contributed by atoms with Crippen LogP contribution in [0.25, 0.3) is 0 Å². The van der Waals surface area contributed by atoms with E-state index in [0.29, 0.717) is 0 Å². The molecule has 4 N–H and O–H groups in total. The highest BCUT2D eigenvalue weighted by atomic mass is 16.5. The van der Waals surface area contributed by atoms with E-state index >= 15 is 0 Å². The second-order valence-corrected chi connectivity index (χ2v) is 3.20. The molecule has 6 nitrogen and oxygen atoms in total. The molecule has 0 aromatic heterocycles. The van der Waals surface area contributed by atoms with Crippen molar-refractivity contribution in [2.75, 3.05) is 7.11 Å². The van der Waals surface area contributed by atoms with Crippen molar-refractivity contribution < 1.29 is 30.0 Å². The van der Waals surface area contributed by atoms with Gasteiger partial charge < -0.3 is 25.2 Å². The SMILES string of the molecule is COc1cc([C@@H](O)CC(=O)O)cc(O)c1O. The first kappa shape index (κ1) is 12.1. The molecule has 0 aliphatic carbocycles. The zero-order valence-corrected chi connectivity index (χ0v) is 8.54. The van der Waals surface area contributed by atoms with Crippen molar-refractivity contribution in [3.05, 3.63) is 17.7 Å². The number of benzene rings is 1. The van der Waals surface area contributed by atoms with Crippen molar-refractivity contribution in [2.24, 2.45) is 0 Å². The van der Waals surface area contributed by atoms with Gasteiger partial charge in [0.15, 0.2) is 11.5 Å². The summed E-state index contributed by atoms with van der Waals surface area (Å²) in [5, 5.41) is 36.6. The van der Waals surface area contributed by atoms with Gasteiger partial charge in [-0.15, -0.1) is 0 Å². The average Bonchev–Trinajstić information content (AvgIpc) is 2.20. The number of aliphatic hydroxyl groups excluding tert-OH is 1. The lowest BCUT2D eigenvalue weighted by atomic mass is 10.1. The first-order valence-corrected chi connectivity index (χ1v) is 4.45. The van der Waals surface area contributed by atoms with Crippen molar-refractivity contribution in [3.63, 3.8) is 0 Å². The molecule has 1 atom stereocenters. The van der Waals surface area contributed by atoms with Gasteiger partial charge in [-0.3, -0.25) is 4.79 Å². The molecule has 0 amide bonds. The van der Waals surface area contributed by atoms with E-state index in [9.17, 15) is 20.1 Å². The fourth-order valence-corrected chi connectivity index (χ4v) is 1.25. The third kappa shape index (κ3) is 2.54. The molecule has 0 saturated heterocycles. The molecule has 6 heteroatoms. The maximum Gasteiger partial charge on any atom is 0.306 e. The van der Waals surface area contributed by atoms with Crippen molar-refractivity contribution >= 4 is 5.97 Å². The summed E-state index contributed by atoms with van der Waals surface area (Å²) in [5.74, 6) is -2.12. The van der Waals surface area contributed by atoms with Crippen molar-refractivity contribution in [1.82, 2.24) is 0 Å². The van der Waals surface area contributed by atoms with Gasteiger partial charge in [0.2, 0.25) is 5.75 Å². The van der Waals surface area contributed by atoms with E-state index in [1.54, 1.807) is 0 Å². The number of phenolic OH excluding ortho intramolecular Hbond substituents is 2. The molecule has 0 aliphatic rings. The van der Waals surface area contributed by atoms with Gasteiger partial charge in [-0.1, -0.05) is 0 Å². The Morgan fingerprint density at radius 3 is 2.56 bits per heavy atom. The lowest BCUT2D eigenvalue weighted by Crippen LogP contribution is -2.05. The Hall–Kier alpha value is -1.95. The molecule has 1 rings (SSSR count). The Kier molecular flexibility index (Phi) is 3.57. The van der Waals surface area contributed by atoms with Gasteiger partial charge in [-0.05, 0) is 17.7 Å². The predicted molar refractivity (Wildman–Crippen MR) is 53.5 cm³/mol. The molecule has 1 aromatic carbocycles. The van der Waals surface area contributed by atoms with Crippen LogP contribution >= 0.6 is 0 Å². The zero-order valence-electron chi connectivity index (χ0n) is 8.54. The number of carboxylic acid groups (broad SMARTS) is 1. The lowest BCUT2D eigenvalue weighted by molar-refractivity contribution is -0.139. The molecule has 0 heterocycles. The first-order chi connectivity index (χ1) is 7.45. The summed E-state index contributed by atoms with van der Waals surface area (Å²) in [6.45, 7) is 0. The van der Waals surface area contributed by atoms with E-state index in [2.05, 4.69) is 0 Å². The van der Waals surface area contributed by atoms with E-state index < -0.39 is 30.0 Å². The minimum absolute atomic E-state index is 0.0283. The number of phenols is 2. The average molecular weight is 228 g/mol. The molecule has 0 aliphatic heterocycles. The number of methoxy groups -OCH3 is 1. The minimum atomic E-state index is -1.27. The van der Waals surface area contributed by atoms with Gasteiger partial charge in [0, 0.05) is 0 Å². The molecule has 0 radical (unpaired) electrons. The van der Waals surface area contributed by atoms with E-state index in [-0.39, 0.29) is 11.3 Å². The zero-order chi connectivity index (χ0) is 12.3. The minimum Gasteiger partial charge on any atom is -0.504 e. The molecular formula is C10H12O6. The summed E-state index contributed by atoms with van der Waals surface area (Å²) >= 11 is 0. The van der Waals surface area contributed by atoms with E-state index in [1.807, 2.05) is 0 Å². The molecule has 0 unspecified atom stereocenters. The molecule has 88 valence electrons. The van der Waals surface area contributed by atoms with E-state index in [4.69, 9.17) is 9.84 Å². The predicted octanol–water partition coefficient (Wildman–Crippen LogP) is 0.614. The maximum absolute atomic E-state index is 10.4. The fourth-order valence-electron chi connectivity index (χ4n) is 1.25. The highest BCUT2D eigenvalue weighted by Gasteiger charge is 2.17. The quantitative estimate of drug-likeness (QED) is 0.562.